The smallest absolute Gasteiger partial charge is 0.161 e. The molecule has 1 saturated heterocycles. The number of nitrogens with zero attached hydrogens (tertiary/aromatic N) is 1. The van der Waals surface area contributed by atoms with Crippen LogP contribution in [0.15, 0.2) is 12.1 Å². The first-order valence-corrected chi connectivity index (χ1v) is 5.78. The Bertz CT molecular complexity index is 419. The van der Waals surface area contributed by atoms with Crippen molar-refractivity contribution in [3.8, 4) is 0 Å². The van der Waals surface area contributed by atoms with E-state index in [2.05, 4.69) is 5.32 Å². The molecule has 0 amide bonds. The molecule has 0 unspecified atom stereocenters. The molecule has 1 aliphatic rings. The first kappa shape index (κ1) is 13.3. The molecular formula is C12H14F4N2. The number of rotatable bonds is 3. The molecule has 0 spiro atoms. The predicted octanol–water partition coefficient (Wildman–Crippen LogP) is 2.02. The summed E-state index contributed by atoms with van der Waals surface area (Å²) in [4.78, 5) is 1.73. The highest BCUT2D eigenvalue weighted by atomic mass is 19.2. The maximum atomic E-state index is 13.6. The Balaban J connectivity index is 2.28. The van der Waals surface area contributed by atoms with E-state index in [4.69, 9.17) is 0 Å². The fourth-order valence-electron chi connectivity index (χ4n) is 2.16. The van der Waals surface area contributed by atoms with Crippen molar-refractivity contribution in [3.05, 3.63) is 35.1 Å². The van der Waals surface area contributed by atoms with Crippen LogP contribution in [0.5, 0.6) is 0 Å². The molecule has 1 aliphatic heterocycles. The van der Waals surface area contributed by atoms with Gasteiger partial charge in [0.2, 0.25) is 0 Å². The van der Waals surface area contributed by atoms with Crippen LogP contribution in [0.2, 0.25) is 0 Å². The summed E-state index contributed by atoms with van der Waals surface area (Å²) in [5, 5.41) is 3.09. The standard InChI is InChI=1S/C12H14F4N2/c13-7-12(18-3-1-17-2-4-18)8-5-10(15)11(16)6-9(8)14/h5-6,12,17H,1-4,7H2/t12-/m1/s1. The van der Waals surface area contributed by atoms with Gasteiger partial charge in [-0.05, 0) is 6.07 Å². The molecule has 1 N–H and O–H groups in total. The molecule has 0 bridgehead atoms. The Morgan fingerprint density at radius 2 is 1.67 bits per heavy atom. The second kappa shape index (κ2) is 5.67. The summed E-state index contributed by atoms with van der Waals surface area (Å²) < 4.78 is 52.7. The van der Waals surface area contributed by atoms with Crippen LogP contribution >= 0.6 is 0 Å². The van der Waals surface area contributed by atoms with Crippen LogP contribution in [0.3, 0.4) is 0 Å². The monoisotopic (exact) mass is 262 g/mol. The number of benzene rings is 1. The second-order valence-corrected chi connectivity index (χ2v) is 4.24. The van der Waals surface area contributed by atoms with E-state index in [1.165, 1.54) is 0 Å². The molecule has 6 heteroatoms. The van der Waals surface area contributed by atoms with Crippen molar-refractivity contribution in [1.29, 1.82) is 0 Å². The summed E-state index contributed by atoms with van der Waals surface area (Å²) in [6.07, 6.45) is 0. The van der Waals surface area contributed by atoms with Gasteiger partial charge in [-0.3, -0.25) is 4.90 Å². The molecular weight excluding hydrogens is 248 g/mol. The zero-order valence-corrected chi connectivity index (χ0v) is 9.73. The van der Waals surface area contributed by atoms with Crippen molar-refractivity contribution in [2.45, 2.75) is 6.04 Å². The number of hydrogen-bond acceptors (Lipinski definition) is 2. The third kappa shape index (κ3) is 2.64. The molecule has 1 aromatic rings. The third-order valence-electron chi connectivity index (χ3n) is 3.14. The fourth-order valence-corrected chi connectivity index (χ4v) is 2.16. The van der Waals surface area contributed by atoms with Crippen LogP contribution in [-0.4, -0.2) is 37.8 Å². The minimum atomic E-state index is -1.26. The Labute approximate surface area is 103 Å². The molecule has 18 heavy (non-hydrogen) atoms. The molecule has 0 saturated carbocycles. The molecule has 1 fully saturated rings. The van der Waals surface area contributed by atoms with E-state index < -0.39 is 30.2 Å². The van der Waals surface area contributed by atoms with Crippen LogP contribution in [0.1, 0.15) is 11.6 Å². The lowest BCUT2D eigenvalue weighted by Crippen LogP contribution is -2.45. The minimum Gasteiger partial charge on any atom is -0.314 e. The maximum absolute atomic E-state index is 13.6. The van der Waals surface area contributed by atoms with Gasteiger partial charge in [-0.1, -0.05) is 0 Å². The lowest BCUT2D eigenvalue weighted by atomic mass is 10.0. The van der Waals surface area contributed by atoms with Crippen LogP contribution in [-0.2, 0) is 0 Å². The molecule has 0 aliphatic carbocycles. The van der Waals surface area contributed by atoms with Crippen LogP contribution in [0, 0.1) is 17.5 Å². The summed E-state index contributed by atoms with van der Waals surface area (Å²) in [6, 6.07) is 0.356. The molecule has 0 radical (unpaired) electrons. The van der Waals surface area contributed by atoms with E-state index in [1.807, 2.05) is 0 Å². The summed E-state index contributed by atoms with van der Waals surface area (Å²) in [6.45, 7) is 1.60. The lowest BCUT2D eigenvalue weighted by Gasteiger charge is -2.33. The normalized spacial score (nSPS) is 18.9. The number of piperazine rings is 1. The van der Waals surface area contributed by atoms with E-state index in [9.17, 15) is 17.6 Å². The highest BCUT2D eigenvalue weighted by Gasteiger charge is 2.26. The van der Waals surface area contributed by atoms with Crippen molar-refractivity contribution in [2.75, 3.05) is 32.9 Å². The summed E-state index contributed by atoms with van der Waals surface area (Å²) >= 11 is 0. The van der Waals surface area contributed by atoms with Gasteiger partial charge in [0.05, 0.1) is 6.04 Å². The average Bonchev–Trinajstić information content (AvgIpc) is 2.38. The van der Waals surface area contributed by atoms with Crippen LogP contribution in [0.25, 0.3) is 0 Å². The van der Waals surface area contributed by atoms with Gasteiger partial charge in [-0.25, -0.2) is 17.6 Å². The van der Waals surface area contributed by atoms with Crippen molar-refractivity contribution in [2.24, 2.45) is 0 Å². The van der Waals surface area contributed by atoms with Gasteiger partial charge in [0, 0.05) is 37.8 Å². The van der Waals surface area contributed by atoms with Gasteiger partial charge in [0.1, 0.15) is 12.5 Å². The molecule has 100 valence electrons. The SMILES string of the molecule is FC[C@H](c1cc(F)c(F)cc1F)N1CCNCC1. The fraction of sp³-hybridized carbons (Fsp3) is 0.500. The van der Waals surface area contributed by atoms with E-state index in [-0.39, 0.29) is 5.56 Å². The minimum absolute atomic E-state index is 0.127. The summed E-state index contributed by atoms with van der Waals surface area (Å²) in [5.74, 6) is -3.32. The van der Waals surface area contributed by atoms with Crippen molar-refractivity contribution < 1.29 is 17.6 Å². The Morgan fingerprint density at radius 1 is 1.06 bits per heavy atom. The number of hydrogen-bond donors (Lipinski definition) is 1. The zero-order valence-electron chi connectivity index (χ0n) is 9.73. The number of nitrogens with one attached hydrogen (secondary N) is 1. The third-order valence-corrected chi connectivity index (χ3v) is 3.14. The molecule has 2 nitrogen and oxygen atoms in total. The van der Waals surface area contributed by atoms with Gasteiger partial charge in [-0.15, -0.1) is 0 Å². The van der Waals surface area contributed by atoms with Gasteiger partial charge in [0.25, 0.3) is 0 Å². The van der Waals surface area contributed by atoms with E-state index >= 15 is 0 Å². The van der Waals surface area contributed by atoms with Crippen molar-refractivity contribution in [1.82, 2.24) is 10.2 Å². The zero-order chi connectivity index (χ0) is 13.1. The van der Waals surface area contributed by atoms with Crippen LogP contribution in [0.4, 0.5) is 17.6 Å². The lowest BCUT2D eigenvalue weighted by molar-refractivity contribution is 0.144. The average molecular weight is 262 g/mol. The molecule has 0 aromatic heterocycles. The van der Waals surface area contributed by atoms with Crippen molar-refractivity contribution >= 4 is 0 Å². The molecule has 1 atom stereocenters. The van der Waals surface area contributed by atoms with E-state index in [0.29, 0.717) is 32.2 Å². The number of alkyl halides is 1. The Morgan fingerprint density at radius 3 is 2.28 bits per heavy atom. The largest absolute Gasteiger partial charge is 0.314 e. The first-order valence-electron chi connectivity index (χ1n) is 5.78. The van der Waals surface area contributed by atoms with Crippen molar-refractivity contribution in [3.63, 3.8) is 0 Å². The highest BCUT2D eigenvalue weighted by molar-refractivity contribution is 5.24. The quantitative estimate of drug-likeness (QED) is 0.662. The van der Waals surface area contributed by atoms with E-state index in [0.717, 1.165) is 6.07 Å². The second-order valence-electron chi connectivity index (χ2n) is 4.24. The van der Waals surface area contributed by atoms with Gasteiger partial charge in [-0.2, -0.15) is 0 Å². The first-order chi connectivity index (χ1) is 8.63. The van der Waals surface area contributed by atoms with Gasteiger partial charge < -0.3 is 5.32 Å². The Kier molecular flexibility index (Phi) is 4.19. The topological polar surface area (TPSA) is 15.3 Å². The predicted molar refractivity (Wildman–Crippen MR) is 59.5 cm³/mol. The summed E-state index contributed by atoms with van der Waals surface area (Å²) in [5.41, 5.74) is -0.127. The number of halogens is 4. The Hall–Kier alpha value is -1.14. The summed E-state index contributed by atoms with van der Waals surface area (Å²) in [7, 11) is 0. The molecule has 2 rings (SSSR count). The molecule has 1 heterocycles. The molecule has 1 aromatic carbocycles. The maximum Gasteiger partial charge on any atom is 0.161 e. The van der Waals surface area contributed by atoms with E-state index in [1.54, 1.807) is 4.90 Å². The van der Waals surface area contributed by atoms with Gasteiger partial charge >= 0.3 is 0 Å². The van der Waals surface area contributed by atoms with Gasteiger partial charge in [0.15, 0.2) is 11.6 Å². The highest BCUT2D eigenvalue weighted by Crippen LogP contribution is 2.26. The van der Waals surface area contributed by atoms with Crippen LogP contribution < -0.4 is 5.32 Å².